The van der Waals surface area contributed by atoms with E-state index in [1.165, 1.54) is 5.69 Å². The number of ether oxygens (including phenoxy) is 1. The smallest absolute Gasteiger partial charge is 0.115 e. The minimum Gasteiger partial charge on any atom is -0.508 e. The summed E-state index contributed by atoms with van der Waals surface area (Å²) in [5, 5.41) is 9.36. The molecule has 0 aliphatic carbocycles. The Hall–Kier alpha value is -2.20. The number of aromatic hydroxyl groups is 1. The lowest BCUT2D eigenvalue weighted by molar-refractivity contribution is 0.122. The highest BCUT2D eigenvalue weighted by molar-refractivity contribution is 5.65. The second-order valence-corrected chi connectivity index (χ2v) is 5.19. The normalized spacial score (nSPS) is 15.0. The molecule has 0 saturated carbocycles. The number of nitrogens with zero attached hydrogens (tertiary/aromatic N) is 2. The molecule has 0 amide bonds. The van der Waals surface area contributed by atoms with Gasteiger partial charge in [-0.2, -0.15) is 0 Å². The van der Waals surface area contributed by atoms with E-state index in [0.29, 0.717) is 0 Å². The second kappa shape index (κ2) is 6.06. The zero-order valence-electron chi connectivity index (χ0n) is 12.2. The maximum absolute atomic E-state index is 9.36. The van der Waals surface area contributed by atoms with Crippen LogP contribution in [0.1, 0.15) is 0 Å². The Bertz CT molecular complexity index is 575. The molecule has 1 aliphatic rings. The van der Waals surface area contributed by atoms with E-state index >= 15 is 0 Å². The van der Waals surface area contributed by atoms with Crippen molar-refractivity contribution in [3.63, 3.8) is 0 Å². The Morgan fingerprint density at radius 1 is 0.905 bits per heavy atom. The van der Waals surface area contributed by atoms with Crippen LogP contribution >= 0.6 is 0 Å². The molecule has 0 spiro atoms. The van der Waals surface area contributed by atoms with Gasteiger partial charge in [0, 0.05) is 37.2 Å². The lowest BCUT2D eigenvalue weighted by Crippen LogP contribution is -2.36. The molecule has 0 radical (unpaired) electrons. The standard InChI is InChI=1S/C17H20N2O2/c1-18(15-6-8-17(20)9-7-15)14-2-4-16(5-3-14)19-10-12-21-13-11-19/h2-9,20H,10-13H2,1H3. The van der Waals surface area contributed by atoms with Gasteiger partial charge in [0.25, 0.3) is 0 Å². The van der Waals surface area contributed by atoms with Crippen LogP contribution in [0.2, 0.25) is 0 Å². The van der Waals surface area contributed by atoms with Gasteiger partial charge in [-0.1, -0.05) is 0 Å². The molecular formula is C17H20N2O2. The van der Waals surface area contributed by atoms with Crippen molar-refractivity contribution < 1.29 is 9.84 Å². The van der Waals surface area contributed by atoms with Gasteiger partial charge in [0.2, 0.25) is 0 Å². The number of phenolic OH excluding ortho intramolecular Hbond substituents is 1. The zero-order chi connectivity index (χ0) is 14.7. The van der Waals surface area contributed by atoms with Crippen molar-refractivity contribution in [2.75, 3.05) is 43.2 Å². The van der Waals surface area contributed by atoms with Gasteiger partial charge in [-0.3, -0.25) is 0 Å². The third kappa shape index (κ3) is 3.11. The zero-order valence-corrected chi connectivity index (χ0v) is 12.2. The van der Waals surface area contributed by atoms with Gasteiger partial charge in [-0.05, 0) is 48.5 Å². The molecule has 21 heavy (non-hydrogen) atoms. The summed E-state index contributed by atoms with van der Waals surface area (Å²) >= 11 is 0. The van der Waals surface area contributed by atoms with Gasteiger partial charge in [-0.15, -0.1) is 0 Å². The number of anilines is 3. The number of benzene rings is 2. The molecule has 2 aromatic carbocycles. The lowest BCUT2D eigenvalue weighted by atomic mass is 10.2. The first-order valence-corrected chi connectivity index (χ1v) is 7.19. The maximum atomic E-state index is 9.36. The van der Waals surface area contributed by atoms with Gasteiger partial charge in [0.05, 0.1) is 13.2 Å². The van der Waals surface area contributed by atoms with Crippen LogP contribution < -0.4 is 9.80 Å². The first kappa shape index (κ1) is 13.8. The highest BCUT2D eigenvalue weighted by Crippen LogP contribution is 2.27. The Morgan fingerprint density at radius 2 is 1.43 bits per heavy atom. The van der Waals surface area contributed by atoms with Crippen molar-refractivity contribution in [1.29, 1.82) is 0 Å². The molecule has 1 aliphatic heterocycles. The minimum absolute atomic E-state index is 0.287. The average molecular weight is 284 g/mol. The third-order valence-corrected chi connectivity index (χ3v) is 3.85. The fraction of sp³-hybridized carbons (Fsp3) is 0.294. The molecule has 4 heteroatoms. The number of rotatable bonds is 3. The fourth-order valence-corrected chi connectivity index (χ4v) is 2.53. The summed E-state index contributed by atoms with van der Waals surface area (Å²) in [6, 6.07) is 15.8. The topological polar surface area (TPSA) is 35.9 Å². The van der Waals surface area contributed by atoms with Crippen molar-refractivity contribution in [2.45, 2.75) is 0 Å². The maximum Gasteiger partial charge on any atom is 0.115 e. The van der Waals surface area contributed by atoms with Crippen LogP contribution in [0.25, 0.3) is 0 Å². The van der Waals surface area contributed by atoms with Crippen LogP contribution in [0.5, 0.6) is 5.75 Å². The highest BCUT2D eigenvalue weighted by atomic mass is 16.5. The number of hydrogen-bond donors (Lipinski definition) is 1. The van der Waals surface area contributed by atoms with E-state index in [2.05, 4.69) is 34.1 Å². The van der Waals surface area contributed by atoms with Gasteiger partial charge >= 0.3 is 0 Å². The van der Waals surface area contributed by atoms with Gasteiger partial charge in [0.1, 0.15) is 5.75 Å². The molecule has 1 heterocycles. The first-order chi connectivity index (χ1) is 10.2. The van der Waals surface area contributed by atoms with E-state index < -0.39 is 0 Å². The van der Waals surface area contributed by atoms with E-state index in [0.717, 1.165) is 37.7 Å². The predicted octanol–water partition coefficient (Wildman–Crippen LogP) is 3.00. The van der Waals surface area contributed by atoms with Crippen molar-refractivity contribution in [3.8, 4) is 5.75 Å². The molecule has 0 atom stereocenters. The van der Waals surface area contributed by atoms with Crippen LogP contribution in [0, 0.1) is 0 Å². The van der Waals surface area contributed by atoms with Crippen LogP contribution in [-0.2, 0) is 4.74 Å². The van der Waals surface area contributed by atoms with Crippen molar-refractivity contribution in [2.24, 2.45) is 0 Å². The lowest BCUT2D eigenvalue weighted by Gasteiger charge is -2.29. The van der Waals surface area contributed by atoms with Gasteiger partial charge in [-0.25, -0.2) is 0 Å². The summed E-state index contributed by atoms with van der Waals surface area (Å²) in [5.41, 5.74) is 3.41. The van der Waals surface area contributed by atoms with E-state index in [-0.39, 0.29) is 5.75 Å². The van der Waals surface area contributed by atoms with E-state index in [4.69, 9.17) is 4.74 Å². The Morgan fingerprint density at radius 3 is 2.00 bits per heavy atom. The van der Waals surface area contributed by atoms with Gasteiger partial charge < -0.3 is 19.6 Å². The molecule has 1 saturated heterocycles. The summed E-state index contributed by atoms with van der Waals surface area (Å²) < 4.78 is 5.38. The summed E-state index contributed by atoms with van der Waals surface area (Å²) in [7, 11) is 2.02. The van der Waals surface area contributed by atoms with Crippen LogP contribution in [0.15, 0.2) is 48.5 Å². The first-order valence-electron chi connectivity index (χ1n) is 7.19. The molecule has 0 aromatic heterocycles. The minimum atomic E-state index is 0.287. The number of morpholine rings is 1. The van der Waals surface area contributed by atoms with Gasteiger partial charge in [0.15, 0.2) is 0 Å². The molecule has 1 N–H and O–H groups in total. The van der Waals surface area contributed by atoms with Crippen LogP contribution in [-0.4, -0.2) is 38.5 Å². The van der Waals surface area contributed by atoms with E-state index in [9.17, 15) is 5.11 Å². The van der Waals surface area contributed by atoms with Crippen LogP contribution in [0.4, 0.5) is 17.1 Å². The molecule has 0 unspecified atom stereocenters. The number of hydrogen-bond acceptors (Lipinski definition) is 4. The summed E-state index contributed by atoms with van der Waals surface area (Å²) in [4.78, 5) is 4.44. The van der Waals surface area contributed by atoms with E-state index in [1.807, 2.05) is 19.2 Å². The Balaban J connectivity index is 1.75. The predicted molar refractivity (Wildman–Crippen MR) is 85.6 cm³/mol. The molecular weight excluding hydrogens is 264 g/mol. The van der Waals surface area contributed by atoms with Crippen LogP contribution in [0.3, 0.4) is 0 Å². The van der Waals surface area contributed by atoms with Crippen molar-refractivity contribution in [1.82, 2.24) is 0 Å². The van der Waals surface area contributed by atoms with E-state index in [1.54, 1.807) is 12.1 Å². The molecule has 3 rings (SSSR count). The summed E-state index contributed by atoms with van der Waals surface area (Å²) in [6.07, 6.45) is 0. The van der Waals surface area contributed by atoms with Crippen molar-refractivity contribution >= 4 is 17.1 Å². The Kier molecular flexibility index (Phi) is 3.97. The largest absolute Gasteiger partial charge is 0.508 e. The second-order valence-electron chi connectivity index (χ2n) is 5.19. The van der Waals surface area contributed by atoms with Crippen molar-refractivity contribution in [3.05, 3.63) is 48.5 Å². The molecule has 110 valence electrons. The summed E-state index contributed by atoms with van der Waals surface area (Å²) in [5.74, 6) is 0.287. The SMILES string of the molecule is CN(c1ccc(O)cc1)c1ccc(N2CCOCC2)cc1. The monoisotopic (exact) mass is 284 g/mol. The highest BCUT2D eigenvalue weighted by Gasteiger charge is 2.11. The fourth-order valence-electron chi connectivity index (χ4n) is 2.53. The molecule has 1 fully saturated rings. The quantitative estimate of drug-likeness (QED) is 0.940. The number of phenols is 1. The summed E-state index contributed by atoms with van der Waals surface area (Å²) in [6.45, 7) is 3.50. The molecule has 0 bridgehead atoms. The molecule has 2 aromatic rings. The average Bonchev–Trinajstić information content (AvgIpc) is 2.56. The molecule has 4 nitrogen and oxygen atoms in total. The third-order valence-electron chi connectivity index (χ3n) is 3.85. The Labute approximate surface area is 125 Å².